The number of ketones is 2. The molecule has 1 aliphatic heterocycles. The van der Waals surface area contributed by atoms with E-state index in [9.17, 15) is 24.0 Å². The van der Waals surface area contributed by atoms with E-state index in [1.54, 1.807) is 40.0 Å². The van der Waals surface area contributed by atoms with Crippen molar-refractivity contribution in [2.24, 2.45) is 23.7 Å². The summed E-state index contributed by atoms with van der Waals surface area (Å²) in [6.45, 7) is 18.4. The van der Waals surface area contributed by atoms with Crippen LogP contribution in [0.5, 0.6) is 0 Å². The number of nitrogens with one attached hydrogen (secondary N) is 1. The first kappa shape index (κ1) is 54.1. The van der Waals surface area contributed by atoms with Crippen molar-refractivity contribution in [3.63, 3.8) is 0 Å². The Bertz CT molecular complexity index is 1570. The number of carbonyl (C=O) groups is 5. The minimum absolute atomic E-state index is 0.0334. The van der Waals surface area contributed by atoms with E-state index in [1.165, 1.54) is 5.56 Å². The molecule has 1 aromatic rings. The maximum Gasteiger partial charge on any atom is 0.226 e. The molecule has 1 N–H and O–H groups in total. The van der Waals surface area contributed by atoms with Crippen LogP contribution in [0, 0.1) is 23.7 Å². The van der Waals surface area contributed by atoms with E-state index in [1.807, 2.05) is 45.6 Å². The molecule has 13 nitrogen and oxygen atoms in total. The lowest BCUT2D eigenvalue weighted by Crippen LogP contribution is -2.55. The average Bonchev–Trinajstić information content (AvgIpc) is 3.91. The maximum atomic E-state index is 14.5. The monoisotopic (exact) mass is 886 g/mol. The van der Waals surface area contributed by atoms with Gasteiger partial charge in [0.15, 0.2) is 5.78 Å². The molecule has 3 rings (SSSR count). The van der Waals surface area contributed by atoms with E-state index in [-0.39, 0.29) is 84.4 Å². The Labute approximate surface area is 379 Å². The van der Waals surface area contributed by atoms with Crippen LogP contribution in [0.15, 0.2) is 30.3 Å². The van der Waals surface area contributed by atoms with Gasteiger partial charge in [-0.25, -0.2) is 0 Å². The minimum atomic E-state index is -1.21. The van der Waals surface area contributed by atoms with Crippen molar-refractivity contribution in [2.75, 3.05) is 67.5 Å². The molecule has 13 heteroatoms. The van der Waals surface area contributed by atoms with Crippen LogP contribution in [0.4, 0.5) is 0 Å². The van der Waals surface area contributed by atoms with E-state index in [0.29, 0.717) is 46.0 Å². The Morgan fingerprint density at radius 3 is 2.03 bits per heavy atom. The SMILES string of the molecule is CCCOCCOCCOCCC(=O)NC(C)(C)C(=O)C[C@H](C(=O)N(C)[C@@H]([C@@H](C)CC)[C@@H](CC(=O)N1CCC[C@H]1[C@H](OC)[C@@H](C)C(=O)CCC1(c2ccccc2)CC1)OC)C(C)C. The average molecular weight is 886 g/mol. The van der Waals surface area contributed by atoms with Gasteiger partial charge in [-0.2, -0.15) is 0 Å². The molecule has 0 bridgehead atoms. The van der Waals surface area contributed by atoms with Gasteiger partial charge in [0.1, 0.15) is 5.78 Å². The summed E-state index contributed by atoms with van der Waals surface area (Å²) < 4.78 is 28.5. The fourth-order valence-electron chi connectivity index (χ4n) is 9.21. The second-order valence-corrected chi connectivity index (χ2v) is 18.9. The molecule has 0 unspecified atom stereocenters. The van der Waals surface area contributed by atoms with Crippen molar-refractivity contribution in [3.05, 3.63) is 35.9 Å². The Morgan fingerprint density at radius 2 is 1.48 bits per heavy atom. The first-order valence-corrected chi connectivity index (χ1v) is 23.8. The van der Waals surface area contributed by atoms with Gasteiger partial charge in [0, 0.05) is 65.5 Å². The first-order valence-electron chi connectivity index (χ1n) is 23.8. The second-order valence-electron chi connectivity index (χ2n) is 18.9. The molecule has 1 saturated carbocycles. The second kappa shape index (κ2) is 26.7. The lowest BCUT2D eigenvalue weighted by molar-refractivity contribution is -0.149. The van der Waals surface area contributed by atoms with Gasteiger partial charge in [0.25, 0.3) is 0 Å². The molecule has 2 fully saturated rings. The lowest BCUT2D eigenvalue weighted by Gasteiger charge is -2.41. The number of Topliss-reactive ketones (excluding diaryl/α,β-unsaturated/α-hetero) is 2. The van der Waals surface area contributed by atoms with E-state index in [4.69, 9.17) is 23.7 Å². The van der Waals surface area contributed by atoms with Gasteiger partial charge in [0.05, 0.1) is 69.3 Å². The molecular weight excluding hydrogens is 803 g/mol. The Hall–Kier alpha value is -3.23. The number of likely N-dealkylation sites (tertiary alicyclic amines) is 1. The van der Waals surface area contributed by atoms with Gasteiger partial charge in [-0.05, 0) is 75.2 Å². The summed E-state index contributed by atoms with van der Waals surface area (Å²) in [7, 11) is 4.95. The molecule has 0 radical (unpaired) electrons. The first-order chi connectivity index (χ1) is 30.0. The molecule has 3 amide bonds. The Morgan fingerprint density at radius 1 is 0.857 bits per heavy atom. The molecule has 63 heavy (non-hydrogen) atoms. The largest absolute Gasteiger partial charge is 0.379 e. The molecule has 1 aromatic carbocycles. The van der Waals surface area contributed by atoms with Gasteiger partial charge in [0.2, 0.25) is 17.7 Å². The lowest BCUT2D eigenvalue weighted by atomic mass is 9.82. The number of methoxy groups -OCH3 is 2. The topological polar surface area (TPSA) is 150 Å². The predicted molar refractivity (Wildman–Crippen MR) is 245 cm³/mol. The Balaban J connectivity index is 1.61. The van der Waals surface area contributed by atoms with Crippen LogP contribution in [0.2, 0.25) is 0 Å². The summed E-state index contributed by atoms with van der Waals surface area (Å²) in [5.41, 5.74) is 0.174. The Kier molecular flexibility index (Phi) is 22.9. The number of likely N-dealkylation sites (N-methyl/N-ethyl adjacent to an activating group) is 1. The standard InChI is InChI=1S/C50H83N3O10/c1-12-27-61-29-31-63-32-30-62-28-22-44(56)51-49(7,8)43(55)33-39(35(3)4)48(58)52(9)46(36(5)13-2)42(59-10)34-45(57)53-26-17-20-40(53)47(60-11)37(6)41(54)21-23-50(24-25-50)38-18-15-14-16-19-38/h14-16,18-19,35-37,39-40,42,46-47H,12-13,17,20-34H2,1-11H3,(H,51,56)/t36-,37-,39-,40-,42+,46-,47+/m0/s1. The highest BCUT2D eigenvalue weighted by molar-refractivity contribution is 5.95. The molecule has 1 aliphatic carbocycles. The van der Waals surface area contributed by atoms with Crippen molar-refractivity contribution < 1.29 is 47.7 Å². The number of ether oxygens (including phenoxy) is 5. The number of amides is 3. The van der Waals surface area contributed by atoms with Crippen LogP contribution in [-0.4, -0.2) is 136 Å². The van der Waals surface area contributed by atoms with Crippen LogP contribution in [0.25, 0.3) is 0 Å². The third-order valence-corrected chi connectivity index (χ3v) is 13.7. The van der Waals surface area contributed by atoms with Gasteiger partial charge in [-0.3, -0.25) is 24.0 Å². The summed E-state index contributed by atoms with van der Waals surface area (Å²) in [6, 6.07) is 9.75. The molecule has 1 saturated heterocycles. The fourth-order valence-corrected chi connectivity index (χ4v) is 9.21. The van der Waals surface area contributed by atoms with Gasteiger partial charge in [-0.15, -0.1) is 0 Å². The summed E-state index contributed by atoms with van der Waals surface area (Å²) in [4.78, 5) is 72.8. The molecular formula is C50H83N3O10. The highest BCUT2D eigenvalue weighted by atomic mass is 16.5. The zero-order valence-corrected chi connectivity index (χ0v) is 40.7. The molecule has 7 atom stereocenters. The quantitative estimate of drug-likeness (QED) is 0.0753. The van der Waals surface area contributed by atoms with E-state index in [2.05, 4.69) is 36.5 Å². The van der Waals surface area contributed by atoms with Crippen molar-refractivity contribution in [3.8, 4) is 0 Å². The summed E-state index contributed by atoms with van der Waals surface area (Å²) in [5, 5.41) is 2.84. The van der Waals surface area contributed by atoms with E-state index < -0.39 is 29.7 Å². The van der Waals surface area contributed by atoms with Crippen LogP contribution in [0.3, 0.4) is 0 Å². The predicted octanol–water partition coefficient (Wildman–Crippen LogP) is 6.96. The van der Waals surface area contributed by atoms with Crippen molar-refractivity contribution >= 4 is 29.3 Å². The normalized spacial score (nSPS) is 18.9. The number of hydrogen-bond donors (Lipinski definition) is 1. The number of hydrogen-bond acceptors (Lipinski definition) is 10. The highest BCUT2D eigenvalue weighted by Gasteiger charge is 2.46. The van der Waals surface area contributed by atoms with Crippen LogP contribution in [0.1, 0.15) is 132 Å². The molecule has 358 valence electrons. The highest BCUT2D eigenvalue weighted by Crippen LogP contribution is 2.52. The third kappa shape index (κ3) is 16.0. The molecule has 2 aliphatic rings. The van der Waals surface area contributed by atoms with Gasteiger partial charge >= 0.3 is 0 Å². The maximum absolute atomic E-state index is 14.5. The number of nitrogens with zero attached hydrogens (tertiary/aromatic N) is 2. The zero-order chi connectivity index (χ0) is 46.7. The summed E-state index contributed by atoms with van der Waals surface area (Å²) in [6.07, 6.45) is 5.70. The molecule has 1 heterocycles. The number of benzene rings is 1. The third-order valence-electron chi connectivity index (χ3n) is 13.7. The van der Waals surface area contributed by atoms with E-state index in [0.717, 1.165) is 44.9 Å². The van der Waals surface area contributed by atoms with Crippen molar-refractivity contribution in [2.45, 2.75) is 161 Å². The van der Waals surface area contributed by atoms with Crippen LogP contribution < -0.4 is 5.32 Å². The van der Waals surface area contributed by atoms with Crippen molar-refractivity contribution in [1.29, 1.82) is 0 Å². The minimum Gasteiger partial charge on any atom is -0.379 e. The summed E-state index contributed by atoms with van der Waals surface area (Å²) in [5.74, 6) is -1.98. The van der Waals surface area contributed by atoms with E-state index >= 15 is 0 Å². The van der Waals surface area contributed by atoms with Gasteiger partial charge < -0.3 is 38.8 Å². The smallest absolute Gasteiger partial charge is 0.226 e. The van der Waals surface area contributed by atoms with Crippen molar-refractivity contribution in [1.82, 2.24) is 15.1 Å². The zero-order valence-electron chi connectivity index (χ0n) is 40.7. The number of rotatable bonds is 32. The van der Waals surface area contributed by atoms with Crippen LogP contribution in [-0.2, 0) is 53.1 Å². The molecule has 0 aromatic heterocycles. The fraction of sp³-hybridized carbons (Fsp3) is 0.780. The van der Waals surface area contributed by atoms with Gasteiger partial charge in [-0.1, -0.05) is 78.3 Å². The van der Waals surface area contributed by atoms with Crippen LogP contribution >= 0.6 is 0 Å². The number of carbonyl (C=O) groups excluding carboxylic acids is 5. The molecule has 0 spiro atoms. The summed E-state index contributed by atoms with van der Waals surface area (Å²) >= 11 is 0.